The minimum atomic E-state index is -0.888. The number of nitrogens with zero attached hydrogens (tertiary/aromatic N) is 2. The van der Waals surface area contributed by atoms with Gasteiger partial charge in [-0.25, -0.2) is 9.78 Å². The van der Waals surface area contributed by atoms with Crippen molar-refractivity contribution in [2.24, 2.45) is 0 Å². The van der Waals surface area contributed by atoms with Gasteiger partial charge in [0.2, 0.25) is 0 Å². The molecule has 0 bridgehead atoms. The second-order valence-electron chi connectivity index (χ2n) is 4.70. The van der Waals surface area contributed by atoms with Gasteiger partial charge in [0.15, 0.2) is 0 Å². The van der Waals surface area contributed by atoms with E-state index < -0.39 is 5.97 Å². The van der Waals surface area contributed by atoms with Crippen LogP contribution in [0.2, 0.25) is 0 Å². The summed E-state index contributed by atoms with van der Waals surface area (Å²) in [5.41, 5.74) is 1.09. The number of aryl methyl sites for hydroxylation is 1. The molecule has 0 spiro atoms. The van der Waals surface area contributed by atoms with Gasteiger partial charge < -0.3 is 10.0 Å². The van der Waals surface area contributed by atoms with Crippen molar-refractivity contribution < 1.29 is 9.90 Å². The van der Waals surface area contributed by atoms with E-state index in [2.05, 4.69) is 16.8 Å². The average molecular weight is 234 g/mol. The van der Waals surface area contributed by atoms with Crippen LogP contribution in [0, 0.1) is 6.92 Å². The Morgan fingerprint density at radius 1 is 1.47 bits per heavy atom. The molecular formula is C13H18N2O2. The fourth-order valence-corrected chi connectivity index (χ4v) is 2.36. The van der Waals surface area contributed by atoms with E-state index in [4.69, 9.17) is 5.11 Å². The summed E-state index contributed by atoms with van der Waals surface area (Å²) in [5.74, 6) is -0.0870. The maximum absolute atomic E-state index is 11.0. The summed E-state index contributed by atoms with van der Waals surface area (Å²) < 4.78 is 0. The maximum atomic E-state index is 11.0. The smallest absolute Gasteiger partial charge is 0.335 e. The lowest BCUT2D eigenvalue weighted by molar-refractivity contribution is 0.0696. The largest absolute Gasteiger partial charge is 0.478 e. The summed E-state index contributed by atoms with van der Waals surface area (Å²) in [6.45, 7) is 4.98. The molecule has 1 aromatic heterocycles. The lowest BCUT2D eigenvalue weighted by Gasteiger charge is -2.34. The SMILES string of the molecule is Cc1cc(C(=O)O)cc(N2CCCCC2C)n1. The van der Waals surface area contributed by atoms with Crippen molar-refractivity contribution in [1.29, 1.82) is 0 Å². The van der Waals surface area contributed by atoms with Crippen LogP contribution in [-0.2, 0) is 0 Å². The monoisotopic (exact) mass is 234 g/mol. The van der Waals surface area contributed by atoms with Crippen molar-refractivity contribution in [1.82, 2.24) is 4.98 Å². The van der Waals surface area contributed by atoms with Crippen molar-refractivity contribution >= 4 is 11.8 Å². The molecule has 4 nitrogen and oxygen atoms in total. The third-order valence-corrected chi connectivity index (χ3v) is 3.28. The van der Waals surface area contributed by atoms with E-state index in [1.807, 2.05) is 6.92 Å². The lowest BCUT2D eigenvalue weighted by atomic mass is 10.0. The summed E-state index contributed by atoms with van der Waals surface area (Å²) in [6.07, 6.45) is 3.55. The highest BCUT2D eigenvalue weighted by Gasteiger charge is 2.20. The van der Waals surface area contributed by atoms with Crippen LogP contribution in [0.5, 0.6) is 0 Å². The van der Waals surface area contributed by atoms with E-state index in [0.29, 0.717) is 11.6 Å². The highest BCUT2D eigenvalue weighted by Crippen LogP contribution is 2.24. The predicted octanol–water partition coefficient (Wildman–Crippen LogP) is 2.47. The van der Waals surface area contributed by atoms with E-state index in [-0.39, 0.29) is 0 Å². The maximum Gasteiger partial charge on any atom is 0.335 e. The molecule has 2 rings (SSSR count). The van der Waals surface area contributed by atoms with E-state index in [9.17, 15) is 4.79 Å². The van der Waals surface area contributed by atoms with Gasteiger partial charge in [-0.1, -0.05) is 0 Å². The summed E-state index contributed by atoms with van der Waals surface area (Å²) in [6, 6.07) is 3.73. The van der Waals surface area contributed by atoms with Crippen LogP contribution in [-0.4, -0.2) is 28.6 Å². The van der Waals surface area contributed by atoms with Crippen LogP contribution in [0.3, 0.4) is 0 Å². The molecule has 1 aliphatic heterocycles. The molecule has 1 saturated heterocycles. The Bertz CT molecular complexity index is 431. The Hall–Kier alpha value is -1.58. The fraction of sp³-hybridized carbons (Fsp3) is 0.538. The molecule has 1 aliphatic rings. The van der Waals surface area contributed by atoms with Gasteiger partial charge in [-0.2, -0.15) is 0 Å². The average Bonchev–Trinajstić information content (AvgIpc) is 2.28. The second kappa shape index (κ2) is 4.73. The van der Waals surface area contributed by atoms with Crippen LogP contribution in [0.25, 0.3) is 0 Å². The zero-order valence-corrected chi connectivity index (χ0v) is 10.3. The van der Waals surface area contributed by atoms with Crippen LogP contribution >= 0.6 is 0 Å². The molecule has 1 unspecified atom stereocenters. The van der Waals surface area contributed by atoms with Crippen molar-refractivity contribution in [2.45, 2.75) is 39.2 Å². The molecule has 0 radical (unpaired) electrons. The number of carboxylic acid groups (broad SMARTS) is 1. The zero-order chi connectivity index (χ0) is 12.4. The normalized spacial score (nSPS) is 20.4. The fourth-order valence-electron chi connectivity index (χ4n) is 2.36. The lowest BCUT2D eigenvalue weighted by Crippen LogP contribution is -2.38. The molecule has 0 saturated carbocycles. The molecular weight excluding hydrogens is 216 g/mol. The third-order valence-electron chi connectivity index (χ3n) is 3.28. The molecule has 0 aliphatic carbocycles. The minimum Gasteiger partial charge on any atom is -0.478 e. The Labute approximate surface area is 101 Å². The van der Waals surface area contributed by atoms with Gasteiger partial charge in [-0.3, -0.25) is 0 Å². The quantitative estimate of drug-likeness (QED) is 0.854. The standard InChI is InChI=1S/C13H18N2O2/c1-9-7-11(13(16)17)8-12(14-9)15-6-4-3-5-10(15)2/h7-8,10H,3-6H2,1-2H3,(H,16,17). The predicted molar refractivity (Wildman–Crippen MR) is 66.6 cm³/mol. The number of piperidine rings is 1. The van der Waals surface area contributed by atoms with Gasteiger partial charge in [0.25, 0.3) is 0 Å². The first kappa shape index (κ1) is 11.9. The molecule has 0 amide bonds. The van der Waals surface area contributed by atoms with E-state index >= 15 is 0 Å². The number of carboxylic acids is 1. The molecule has 1 fully saturated rings. The molecule has 92 valence electrons. The molecule has 4 heteroatoms. The van der Waals surface area contributed by atoms with Gasteiger partial charge in [-0.15, -0.1) is 0 Å². The van der Waals surface area contributed by atoms with Crippen molar-refractivity contribution in [2.75, 3.05) is 11.4 Å². The molecule has 17 heavy (non-hydrogen) atoms. The first-order chi connectivity index (χ1) is 8.08. The number of rotatable bonds is 2. The molecule has 0 aromatic carbocycles. The van der Waals surface area contributed by atoms with Crippen LogP contribution in [0.1, 0.15) is 42.2 Å². The first-order valence-electron chi connectivity index (χ1n) is 6.06. The zero-order valence-electron chi connectivity index (χ0n) is 10.3. The van der Waals surface area contributed by atoms with Gasteiger partial charge >= 0.3 is 5.97 Å². The summed E-state index contributed by atoms with van der Waals surface area (Å²) in [4.78, 5) is 17.7. The Morgan fingerprint density at radius 2 is 2.24 bits per heavy atom. The van der Waals surface area contributed by atoms with E-state index in [1.165, 1.54) is 6.42 Å². The van der Waals surface area contributed by atoms with Gasteiger partial charge in [0, 0.05) is 18.3 Å². The molecule has 1 atom stereocenters. The Morgan fingerprint density at radius 3 is 2.88 bits per heavy atom. The number of carbonyl (C=O) groups is 1. The van der Waals surface area contributed by atoms with Crippen LogP contribution < -0.4 is 4.90 Å². The van der Waals surface area contributed by atoms with Crippen molar-refractivity contribution in [3.05, 3.63) is 23.4 Å². The van der Waals surface area contributed by atoms with Crippen LogP contribution in [0.15, 0.2) is 12.1 Å². The second-order valence-corrected chi connectivity index (χ2v) is 4.70. The number of anilines is 1. The van der Waals surface area contributed by atoms with Gasteiger partial charge in [0.05, 0.1) is 5.56 Å². The first-order valence-corrected chi connectivity index (χ1v) is 6.06. The molecule has 2 heterocycles. The number of aromatic nitrogens is 1. The van der Waals surface area contributed by atoms with Crippen molar-refractivity contribution in [3.8, 4) is 0 Å². The number of hydrogen-bond donors (Lipinski definition) is 1. The highest BCUT2D eigenvalue weighted by molar-refractivity contribution is 5.88. The van der Waals surface area contributed by atoms with Crippen molar-refractivity contribution in [3.63, 3.8) is 0 Å². The third kappa shape index (κ3) is 2.57. The van der Waals surface area contributed by atoms with Gasteiger partial charge in [0.1, 0.15) is 5.82 Å². The summed E-state index contributed by atoms with van der Waals surface area (Å²) >= 11 is 0. The van der Waals surface area contributed by atoms with Gasteiger partial charge in [-0.05, 0) is 45.2 Å². The number of aromatic carboxylic acids is 1. The Balaban J connectivity index is 2.33. The summed E-state index contributed by atoms with van der Waals surface area (Å²) in [5, 5.41) is 9.05. The Kier molecular flexibility index (Phi) is 3.31. The van der Waals surface area contributed by atoms with E-state index in [0.717, 1.165) is 30.9 Å². The molecule has 1 aromatic rings. The molecule has 1 N–H and O–H groups in total. The highest BCUT2D eigenvalue weighted by atomic mass is 16.4. The number of hydrogen-bond acceptors (Lipinski definition) is 3. The summed E-state index contributed by atoms with van der Waals surface area (Å²) in [7, 11) is 0. The topological polar surface area (TPSA) is 53.4 Å². The van der Waals surface area contributed by atoms with Crippen LogP contribution in [0.4, 0.5) is 5.82 Å². The minimum absolute atomic E-state index is 0.324. The number of pyridine rings is 1. The van der Waals surface area contributed by atoms with E-state index in [1.54, 1.807) is 12.1 Å².